The molecule has 3 aromatic rings. The summed E-state index contributed by atoms with van der Waals surface area (Å²) in [6, 6.07) is 8.77. The van der Waals surface area contributed by atoms with Crippen molar-refractivity contribution in [1.29, 1.82) is 0 Å². The van der Waals surface area contributed by atoms with Crippen LogP contribution in [0.1, 0.15) is 6.92 Å². The quantitative estimate of drug-likeness (QED) is 0.409. The smallest absolute Gasteiger partial charge is 0.323 e. The molecule has 10 heteroatoms. The molecule has 0 fully saturated rings. The maximum absolute atomic E-state index is 11.4. The van der Waals surface area contributed by atoms with E-state index in [-0.39, 0.29) is 35.6 Å². The Morgan fingerprint density at radius 1 is 1.23 bits per heavy atom. The van der Waals surface area contributed by atoms with Crippen molar-refractivity contribution in [3.63, 3.8) is 0 Å². The minimum absolute atomic E-state index is 0.0198. The number of nitrogens with zero attached hydrogens (tertiary/aromatic N) is 3. The monoisotopic (exact) mass is 359 g/mol. The van der Waals surface area contributed by atoms with E-state index in [4.69, 9.17) is 14.5 Å². The highest BCUT2D eigenvalue weighted by atomic mass is 16.6. The Balaban J connectivity index is 2.00. The van der Waals surface area contributed by atoms with Gasteiger partial charge < -0.3 is 20.5 Å². The molecule has 2 aromatic carbocycles. The molecule has 10 nitrogen and oxygen atoms in total. The summed E-state index contributed by atoms with van der Waals surface area (Å²) in [7, 11) is 0. The van der Waals surface area contributed by atoms with Crippen molar-refractivity contribution in [2.45, 2.75) is 6.92 Å². The fourth-order valence-electron chi connectivity index (χ4n) is 2.49. The van der Waals surface area contributed by atoms with E-state index >= 15 is 0 Å². The molecule has 0 spiro atoms. The molecule has 0 saturated heterocycles. The van der Waals surface area contributed by atoms with E-state index in [1.54, 1.807) is 12.1 Å². The van der Waals surface area contributed by atoms with Crippen LogP contribution in [0.25, 0.3) is 11.0 Å². The molecule has 3 N–H and O–H groups in total. The summed E-state index contributed by atoms with van der Waals surface area (Å²) in [6.07, 6.45) is 0. The first-order chi connectivity index (χ1) is 12.6. The van der Waals surface area contributed by atoms with Gasteiger partial charge in [-0.05, 0) is 47.6 Å². The maximum atomic E-state index is 11.4. The summed E-state index contributed by atoms with van der Waals surface area (Å²) in [6.45, 7) is 2.45. The Bertz CT molecular complexity index is 909. The lowest BCUT2D eigenvalue weighted by molar-refractivity contribution is -0.382. The zero-order valence-corrected chi connectivity index (χ0v) is 13.9. The number of anilines is 3. The number of rotatable bonds is 8. The van der Waals surface area contributed by atoms with Crippen LogP contribution in [0, 0.1) is 10.1 Å². The summed E-state index contributed by atoms with van der Waals surface area (Å²) in [4.78, 5) is 10.9. The molecule has 0 saturated carbocycles. The van der Waals surface area contributed by atoms with Gasteiger partial charge in [-0.2, -0.15) is 0 Å². The SMILES string of the molecule is CCOc1ccc(Nc2cc(NCCO)c([N+](=O)[O-])c3nonc23)cc1. The molecule has 0 bridgehead atoms. The average Bonchev–Trinajstić information content (AvgIpc) is 3.11. The van der Waals surface area contributed by atoms with Gasteiger partial charge in [-0.1, -0.05) is 0 Å². The Kier molecular flexibility index (Phi) is 5.13. The molecule has 1 aromatic heterocycles. The predicted molar refractivity (Wildman–Crippen MR) is 94.9 cm³/mol. The van der Waals surface area contributed by atoms with Gasteiger partial charge in [-0.25, -0.2) is 4.63 Å². The van der Waals surface area contributed by atoms with Crippen LogP contribution >= 0.6 is 0 Å². The lowest BCUT2D eigenvalue weighted by Gasteiger charge is -2.11. The minimum Gasteiger partial charge on any atom is -0.494 e. The standard InChI is InChI=1S/C16H17N5O5/c1-2-25-11-5-3-10(4-6-11)18-12-9-13(17-7-8-22)16(21(23)24)15-14(12)19-26-20-15/h3-6,9,17-18,22H,2,7-8H2,1H3. The van der Waals surface area contributed by atoms with Gasteiger partial charge >= 0.3 is 5.69 Å². The Labute approximate surface area is 147 Å². The number of ether oxygens (including phenoxy) is 1. The number of benzene rings is 2. The third-order valence-corrected chi connectivity index (χ3v) is 3.57. The van der Waals surface area contributed by atoms with Crippen LogP contribution in [0.2, 0.25) is 0 Å². The second-order valence-electron chi connectivity index (χ2n) is 5.27. The van der Waals surface area contributed by atoms with Gasteiger partial charge in [-0.15, -0.1) is 0 Å². The molecular formula is C16H17N5O5. The molecule has 3 rings (SSSR count). The number of nitrogens with one attached hydrogen (secondary N) is 2. The Morgan fingerprint density at radius 2 is 1.96 bits per heavy atom. The largest absolute Gasteiger partial charge is 0.494 e. The normalized spacial score (nSPS) is 10.7. The molecule has 1 heterocycles. The topological polar surface area (TPSA) is 136 Å². The molecule has 0 aliphatic carbocycles. The van der Waals surface area contributed by atoms with E-state index in [0.29, 0.717) is 12.3 Å². The highest BCUT2D eigenvalue weighted by molar-refractivity contribution is 6.00. The van der Waals surface area contributed by atoms with Crippen LogP contribution in [0.3, 0.4) is 0 Å². The van der Waals surface area contributed by atoms with E-state index < -0.39 is 4.92 Å². The average molecular weight is 359 g/mol. The van der Waals surface area contributed by atoms with Gasteiger partial charge in [0.15, 0.2) is 5.52 Å². The maximum Gasteiger partial charge on any atom is 0.323 e. The number of hydrogen-bond donors (Lipinski definition) is 3. The van der Waals surface area contributed by atoms with E-state index in [1.807, 2.05) is 19.1 Å². The van der Waals surface area contributed by atoms with Crippen molar-refractivity contribution in [3.8, 4) is 5.75 Å². The number of hydrogen-bond acceptors (Lipinski definition) is 9. The van der Waals surface area contributed by atoms with Crippen LogP contribution in [0.15, 0.2) is 35.0 Å². The van der Waals surface area contributed by atoms with E-state index in [0.717, 1.165) is 11.4 Å². The first kappa shape index (κ1) is 17.4. The van der Waals surface area contributed by atoms with Gasteiger partial charge in [0.2, 0.25) is 5.52 Å². The van der Waals surface area contributed by atoms with Crippen molar-refractivity contribution >= 4 is 33.8 Å². The second kappa shape index (κ2) is 7.66. The zero-order chi connectivity index (χ0) is 18.5. The van der Waals surface area contributed by atoms with Crippen LogP contribution in [0.4, 0.5) is 22.7 Å². The third-order valence-electron chi connectivity index (χ3n) is 3.57. The van der Waals surface area contributed by atoms with Crippen LogP contribution < -0.4 is 15.4 Å². The molecule has 26 heavy (non-hydrogen) atoms. The summed E-state index contributed by atoms with van der Waals surface area (Å²) in [5.74, 6) is 0.736. The molecule has 0 radical (unpaired) electrons. The number of aliphatic hydroxyl groups excluding tert-OH is 1. The molecular weight excluding hydrogens is 342 g/mol. The van der Waals surface area contributed by atoms with Crippen molar-refractivity contribution in [2.75, 3.05) is 30.4 Å². The summed E-state index contributed by atoms with van der Waals surface area (Å²) in [5.41, 5.74) is 1.43. The van der Waals surface area contributed by atoms with Gasteiger partial charge in [0.05, 0.1) is 23.8 Å². The lowest BCUT2D eigenvalue weighted by atomic mass is 10.2. The van der Waals surface area contributed by atoms with E-state index in [9.17, 15) is 10.1 Å². The zero-order valence-electron chi connectivity index (χ0n) is 13.9. The summed E-state index contributed by atoms with van der Waals surface area (Å²) >= 11 is 0. The highest BCUT2D eigenvalue weighted by Gasteiger charge is 2.25. The van der Waals surface area contributed by atoms with Gasteiger partial charge in [0.25, 0.3) is 0 Å². The second-order valence-corrected chi connectivity index (χ2v) is 5.27. The van der Waals surface area contributed by atoms with Crippen molar-refractivity contribution in [1.82, 2.24) is 10.3 Å². The van der Waals surface area contributed by atoms with Crippen molar-refractivity contribution in [2.24, 2.45) is 0 Å². The lowest BCUT2D eigenvalue weighted by Crippen LogP contribution is -2.08. The predicted octanol–water partition coefficient (Wildman–Crippen LogP) is 2.68. The fraction of sp³-hybridized carbons (Fsp3) is 0.250. The first-order valence-corrected chi connectivity index (χ1v) is 7.92. The Morgan fingerprint density at radius 3 is 2.62 bits per heavy atom. The third kappa shape index (κ3) is 3.49. The molecule has 0 amide bonds. The first-order valence-electron chi connectivity index (χ1n) is 7.92. The number of aromatic nitrogens is 2. The van der Waals surface area contributed by atoms with Gasteiger partial charge in [0.1, 0.15) is 11.4 Å². The number of aliphatic hydroxyl groups is 1. The van der Waals surface area contributed by atoms with E-state index in [1.165, 1.54) is 6.07 Å². The number of fused-ring (bicyclic) bond motifs is 1. The van der Waals surface area contributed by atoms with Crippen LogP contribution in [-0.4, -0.2) is 40.1 Å². The number of nitro benzene ring substituents is 1. The van der Waals surface area contributed by atoms with Crippen molar-refractivity contribution < 1.29 is 19.4 Å². The number of nitro groups is 1. The minimum atomic E-state index is -0.563. The molecule has 136 valence electrons. The van der Waals surface area contributed by atoms with Gasteiger partial charge in [0, 0.05) is 12.2 Å². The fourth-order valence-corrected chi connectivity index (χ4v) is 2.49. The molecule has 0 aliphatic rings. The van der Waals surface area contributed by atoms with E-state index in [2.05, 4.69) is 20.9 Å². The highest BCUT2D eigenvalue weighted by Crippen LogP contribution is 2.37. The summed E-state index contributed by atoms with van der Waals surface area (Å²) < 4.78 is 10.1. The molecule has 0 atom stereocenters. The molecule has 0 aliphatic heterocycles. The molecule has 0 unspecified atom stereocenters. The Hall–Kier alpha value is -3.40. The van der Waals surface area contributed by atoms with Crippen LogP contribution in [0.5, 0.6) is 5.75 Å². The van der Waals surface area contributed by atoms with Crippen LogP contribution in [-0.2, 0) is 0 Å². The van der Waals surface area contributed by atoms with Crippen molar-refractivity contribution in [3.05, 3.63) is 40.4 Å². The summed E-state index contributed by atoms with van der Waals surface area (Å²) in [5, 5.41) is 33.8. The van der Waals surface area contributed by atoms with Gasteiger partial charge in [-0.3, -0.25) is 10.1 Å².